The Labute approximate surface area is 125 Å². The lowest BCUT2D eigenvalue weighted by molar-refractivity contribution is 0.190. The number of carbonyl (C=O) groups is 1. The summed E-state index contributed by atoms with van der Waals surface area (Å²) in [5, 5.41) is 0. The maximum atomic E-state index is 12.6. The third kappa shape index (κ3) is 2.51. The quantitative estimate of drug-likeness (QED) is 0.841. The van der Waals surface area contributed by atoms with E-state index < -0.39 is 0 Å². The molecule has 1 heterocycles. The van der Waals surface area contributed by atoms with Crippen LogP contribution in [-0.4, -0.2) is 28.9 Å². The van der Waals surface area contributed by atoms with Crippen LogP contribution in [-0.2, 0) is 6.54 Å². The van der Waals surface area contributed by atoms with Gasteiger partial charge in [0.25, 0.3) is 0 Å². The molecule has 0 aromatic heterocycles. The van der Waals surface area contributed by atoms with Crippen molar-refractivity contribution in [3.05, 3.63) is 71.8 Å². The zero-order valence-electron chi connectivity index (χ0n) is 12.4. The van der Waals surface area contributed by atoms with Crippen LogP contribution in [0.2, 0.25) is 0 Å². The predicted molar refractivity (Wildman–Crippen MR) is 83.8 cm³/mol. The van der Waals surface area contributed by atoms with Crippen molar-refractivity contribution in [2.45, 2.75) is 25.6 Å². The largest absolute Gasteiger partial charge is 0.320 e. The van der Waals surface area contributed by atoms with Crippen molar-refractivity contribution in [2.75, 3.05) is 7.05 Å². The number of nitrogens with zero attached hydrogens (tertiary/aromatic N) is 2. The molecule has 21 heavy (non-hydrogen) atoms. The van der Waals surface area contributed by atoms with E-state index in [-0.39, 0.29) is 18.1 Å². The highest BCUT2D eigenvalue weighted by Gasteiger charge is 2.41. The first-order valence-electron chi connectivity index (χ1n) is 7.31. The van der Waals surface area contributed by atoms with Gasteiger partial charge in [-0.25, -0.2) is 4.79 Å². The van der Waals surface area contributed by atoms with E-state index in [4.69, 9.17) is 0 Å². The van der Waals surface area contributed by atoms with Crippen molar-refractivity contribution in [1.82, 2.24) is 9.80 Å². The van der Waals surface area contributed by atoms with Gasteiger partial charge in [0.05, 0.1) is 12.1 Å². The molecule has 0 bridgehead atoms. The Kier molecular flexibility index (Phi) is 3.65. The molecule has 1 aliphatic heterocycles. The molecule has 3 nitrogen and oxygen atoms in total. The van der Waals surface area contributed by atoms with Crippen molar-refractivity contribution >= 4 is 6.03 Å². The fraction of sp³-hybridized carbons (Fsp3) is 0.278. The molecule has 0 N–H and O–H groups in total. The number of amides is 2. The lowest BCUT2D eigenvalue weighted by atomic mass is 10.0. The molecule has 1 saturated heterocycles. The first kappa shape index (κ1) is 13.7. The molecule has 0 spiro atoms. The average Bonchev–Trinajstić information content (AvgIpc) is 2.73. The fourth-order valence-corrected chi connectivity index (χ4v) is 3.13. The van der Waals surface area contributed by atoms with Gasteiger partial charge in [-0.2, -0.15) is 0 Å². The van der Waals surface area contributed by atoms with Gasteiger partial charge in [-0.1, -0.05) is 60.7 Å². The lowest BCUT2D eigenvalue weighted by Crippen LogP contribution is -2.32. The molecule has 2 aromatic carbocycles. The minimum Gasteiger partial charge on any atom is -0.319 e. The fourth-order valence-electron chi connectivity index (χ4n) is 3.13. The van der Waals surface area contributed by atoms with Crippen LogP contribution >= 0.6 is 0 Å². The van der Waals surface area contributed by atoms with Crippen molar-refractivity contribution in [3.8, 4) is 0 Å². The first-order valence-corrected chi connectivity index (χ1v) is 7.31. The summed E-state index contributed by atoms with van der Waals surface area (Å²) in [7, 11) is 1.89. The minimum absolute atomic E-state index is 0.0974. The summed E-state index contributed by atoms with van der Waals surface area (Å²) in [6.45, 7) is 2.79. The zero-order chi connectivity index (χ0) is 14.8. The second-order valence-corrected chi connectivity index (χ2v) is 5.60. The van der Waals surface area contributed by atoms with Gasteiger partial charge in [-0.3, -0.25) is 0 Å². The zero-order valence-corrected chi connectivity index (χ0v) is 12.4. The molecule has 3 heteroatoms. The van der Waals surface area contributed by atoms with Crippen molar-refractivity contribution in [2.24, 2.45) is 0 Å². The summed E-state index contributed by atoms with van der Waals surface area (Å²) < 4.78 is 0. The summed E-state index contributed by atoms with van der Waals surface area (Å²) in [4.78, 5) is 16.4. The van der Waals surface area contributed by atoms with E-state index in [1.807, 2.05) is 53.2 Å². The van der Waals surface area contributed by atoms with E-state index in [0.717, 1.165) is 0 Å². The van der Waals surface area contributed by atoms with Gasteiger partial charge in [0.1, 0.15) is 0 Å². The lowest BCUT2D eigenvalue weighted by Gasteiger charge is -2.24. The Morgan fingerprint density at radius 3 is 2.14 bits per heavy atom. The summed E-state index contributed by atoms with van der Waals surface area (Å²) in [5.74, 6) is 0. The number of hydrogen-bond acceptors (Lipinski definition) is 1. The normalized spacial score (nSPS) is 21.9. The summed E-state index contributed by atoms with van der Waals surface area (Å²) in [6, 6.07) is 20.8. The Morgan fingerprint density at radius 2 is 1.52 bits per heavy atom. The van der Waals surface area contributed by atoms with E-state index in [2.05, 4.69) is 31.2 Å². The van der Waals surface area contributed by atoms with Gasteiger partial charge in [0, 0.05) is 13.6 Å². The van der Waals surface area contributed by atoms with E-state index >= 15 is 0 Å². The first-order chi connectivity index (χ1) is 10.2. The third-order valence-corrected chi connectivity index (χ3v) is 4.25. The molecule has 0 aliphatic carbocycles. The van der Waals surface area contributed by atoms with Gasteiger partial charge in [0.2, 0.25) is 0 Å². The van der Waals surface area contributed by atoms with Gasteiger partial charge in [-0.15, -0.1) is 0 Å². The summed E-state index contributed by atoms with van der Waals surface area (Å²) in [6.07, 6.45) is 0. The second kappa shape index (κ2) is 5.60. The van der Waals surface area contributed by atoms with Crippen LogP contribution in [0.1, 0.15) is 24.1 Å². The second-order valence-electron chi connectivity index (χ2n) is 5.60. The van der Waals surface area contributed by atoms with E-state index in [0.29, 0.717) is 6.54 Å². The monoisotopic (exact) mass is 280 g/mol. The molecule has 0 radical (unpaired) electrons. The van der Waals surface area contributed by atoms with E-state index in [9.17, 15) is 4.79 Å². The molecule has 2 atom stereocenters. The molecule has 1 aliphatic rings. The molecular weight excluding hydrogens is 260 g/mol. The topological polar surface area (TPSA) is 23.6 Å². The summed E-state index contributed by atoms with van der Waals surface area (Å²) >= 11 is 0. The van der Waals surface area contributed by atoms with Crippen molar-refractivity contribution in [3.63, 3.8) is 0 Å². The molecule has 2 aromatic rings. The molecule has 0 saturated carbocycles. The smallest absolute Gasteiger partial charge is 0.319 e. The van der Waals surface area contributed by atoms with E-state index in [1.54, 1.807) is 0 Å². The maximum Gasteiger partial charge on any atom is 0.320 e. The maximum absolute atomic E-state index is 12.6. The number of hydrogen-bond donors (Lipinski definition) is 0. The van der Waals surface area contributed by atoms with Crippen LogP contribution in [0.15, 0.2) is 60.7 Å². The van der Waals surface area contributed by atoms with Gasteiger partial charge >= 0.3 is 6.03 Å². The average molecular weight is 280 g/mol. The highest BCUT2D eigenvalue weighted by atomic mass is 16.2. The van der Waals surface area contributed by atoms with Crippen LogP contribution in [0.5, 0.6) is 0 Å². The van der Waals surface area contributed by atoms with Gasteiger partial charge in [0.15, 0.2) is 0 Å². The Hall–Kier alpha value is -2.29. The minimum atomic E-state index is 0.0974. The van der Waals surface area contributed by atoms with Crippen LogP contribution in [0.4, 0.5) is 4.79 Å². The molecule has 1 fully saturated rings. The Bertz CT molecular complexity index is 612. The number of rotatable bonds is 3. The number of urea groups is 1. The standard InChI is InChI=1S/C18H20N2O/c1-14-17(16-11-7-4-8-12-16)19(2)18(21)20(14)13-15-9-5-3-6-10-15/h3-12,14,17H,13H2,1-2H3/t14-,17-/m1/s1. The van der Waals surface area contributed by atoms with Gasteiger partial charge in [-0.05, 0) is 18.1 Å². The number of likely N-dealkylation sites (N-methyl/N-ethyl adjacent to an activating group) is 1. The predicted octanol–water partition coefficient (Wildman–Crippen LogP) is 3.68. The van der Waals surface area contributed by atoms with E-state index in [1.165, 1.54) is 11.1 Å². The third-order valence-electron chi connectivity index (χ3n) is 4.25. The highest BCUT2D eigenvalue weighted by Crippen LogP contribution is 2.34. The van der Waals surface area contributed by atoms with Crippen LogP contribution in [0.3, 0.4) is 0 Å². The number of benzene rings is 2. The van der Waals surface area contributed by atoms with Crippen molar-refractivity contribution in [1.29, 1.82) is 0 Å². The SMILES string of the molecule is C[C@@H]1[C@H](c2ccccc2)N(C)C(=O)N1Cc1ccccc1. The Balaban J connectivity index is 1.85. The molecule has 0 unspecified atom stereocenters. The molecule has 3 rings (SSSR count). The summed E-state index contributed by atoms with van der Waals surface area (Å²) in [5.41, 5.74) is 2.36. The van der Waals surface area contributed by atoms with Crippen LogP contribution in [0, 0.1) is 0 Å². The van der Waals surface area contributed by atoms with Crippen LogP contribution in [0.25, 0.3) is 0 Å². The highest BCUT2D eigenvalue weighted by molar-refractivity contribution is 5.78. The number of carbonyl (C=O) groups excluding carboxylic acids is 1. The molecule has 108 valence electrons. The molecular formula is C18H20N2O. The van der Waals surface area contributed by atoms with Crippen molar-refractivity contribution < 1.29 is 4.79 Å². The molecule has 2 amide bonds. The Morgan fingerprint density at radius 1 is 0.952 bits per heavy atom. The van der Waals surface area contributed by atoms with Gasteiger partial charge < -0.3 is 9.80 Å². The van der Waals surface area contributed by atoms with Crippen LogP contribution < -0.4 is 0 Å².